The molecule has 20 heavy (non-hydrogen) atoms. The topological polar surface area (TPSA) is 32.3 Å². The highest BCUT2D eigenvalue weighted by Gasteiger charge is 2.18. The first-order chi connectivity index (χ1) is 9.52. The number of amides is 1. The maximum absolute atomic E-state index is 13.7. The van der Waals surface area contributed by atoms with Crippen LogP contribution in [-0.2, 0) is 0 Å². The molecular formula is C15H14ClFN2O. The standard InChI is InChI=1S/C15H14ClFN2O/c1-18-11-4-3-5-12(9-11)19(2)15(20)13-8-10(16)6-7-14(13)17/h3-9,18H,1-2H3. The van der Waals surface area contributed by atoms with Crippen molar-refractivity contribution >= 4 is 28.9 Å². The second kappa shape index (κ2) is 5.92. The zero-order chi connectivity index (χ0) is 14.7. The zero-order valence-electron chi connectivity index (χ0n) is 11.2. The Hall–Kier alpha value is -2.07. The average Bonchev–Trinajstić information content (AvgIpc) is 2.48. The summed E-state index contributed by atoms with van der Waals surface area (Å²) in [6.45, 7) is 0. The van der Waals surface area contributed by atoms with Crippen molar-refractivity contribution in [2.75, 3.05) is 24.3 Å². The number of carbonyl (C=O) groups is 1. The SMILES string of the molecule is CNc1cccc(N(C)C(=O)c2cc(Cl)ccc2F)c1. The van der Waals surface area contributed by atoms with Crippen LogP contribution in [0.1, 0.15) is 10.4 Å². The van der Waals surface area contributed by atoms with Crippen molar-refractivity contribution in [3.05, 3.63) is 58.9 Å². The summed E-state index contributed by atoms with van der Waals surface area (Å²) in [5, 5.41) is 3.31. The summed E-state index contributed by atoms with van der Waals surface area (Å²) < 4.78 is 13.7. The summed E-state index contributed by atoms with van der Waals surface area (Å²) in [6.07, 6.45) is 0. The average molecular weight is 293 g/mol. The van der Waals surface area contributed by atoms with E-state index in [4.69, 9.17) is 11.6 Å². The fourth-order valence-electron chi connectivity index (χ4n) is 1.83. The van der Waals surface area contributed by atoms with Crippen molar-refractivity contribution in [2.45, 2.75) is 0 Å². The van der Waals surface area contributed by atoms with Gasteiger partial charge in [0.25, 0.3) is 5.91 Å². The minimum absolute atomic E-state index is 0.0464. The van der Waals surface area contributed by atoms with E-state index < -0.39 is 11.7 Å². The first kappa shape index (κ1) is 14.3. The van der Waals surface area contributed by atoms with Crippen molar-refractivity contribution in [3.8, 4) is 0 Å². The third-order valence-electron chi connectivity index (χ3n) is 2.99. The van der Waals surface area contributed by atoms with Crippen LogP contribution in [-0.4, -0.2) is 20.0 Å². The largest absolute Gasteiger partial charge is 0.388 e. The molecule has 1 amide bonds. The lowest BCUT2D eigenvalue weighted by Gasteiger charge is -2.18. The Balaban J connectivity index is 2.34. The molecule has 0 radical (unpaired) electrons. The van der Waals surface area contributed by atoms with Crippen LogP contribution in [0.4, 0.5) is 15.8 Å². The zero-order valence-corrected chi connectivity index (χ0v) is 11.9. The number of halogens is 2. The molecule has 0 aliphatic rings. The van der Waals surface area contributed by atoms with E-state index >= 15 is 0 Å². The van der Waals surface area contributed by atoms with Crippen LogP contribution < -0.4 is 10.2 Å². The quantitative estimate of drug-likeness (QED) is 0.933. The van der Waals surface area contributed by atoms with Crippen LogP contribution in [0.5, 0.6) is 0 Å². The molecule has 0 fully saturated rings. The highest BCUT2D eigenvalue weighted by atomic mass is 35.5. The second-order valence-corrected chi connectivity index (χ2v) is 4.73. The lowest BCUT2D eigenvalue weighted by atomic mass is 10.1. The van der Waals surface area contributed by atoms with E-state index in [0.29, 0.717) is 10.7 Å². The molecule has 104 valence electrons. The third kappa shape index (κ3) is 2.91. The predicted octanol–water partition coefficient (Wildman–Crippen LogP) is 3.80. The van der Waals surface area contributed by atoms with Gasteiger partial charge in [-0.25, -0.2) is 4.39 Å². The molecular weight excluding hydrogens is 279 g/mol. The Kier molecular flexibility index (Phi) is 4.25. The van der Waals surface area contributed by atoms with Crippen LogP contribution in [0.25, 0.3) is 0 Å². The van der Waals surface area contributed by atoms with Gasteiger partial charge in [0.1, 0.15) is 5.82 Å². The van der Waals surface area contributed by atoms with Crippen LogP contribution in [0, 0.1) is 5.82 Å². The van der Waals surface area contributed by atoms with Gasteiger partial charge in [0.2, 0.25) is 0 Å². The monoisotopic (exact) mass is 292 g/mol. The van der Waals surface area contributed by atoms with Gasteiger partial charge in [-0.1, -0.05) is 17.7 Å². The number of rotatable bonds is 3. The van der Waals surface area contributed by atoms with Gasteiger partial charge in [-0.3, -0.25) is 4.79 Å². The number of hydrogen-bond donors (Lipinski definition) is 1. The molecule has 0 unspecified atom stereocenters. The number of hydrogen-bond acceptors (Lipinski definition) is 2. The highest BCUT2D eigenvalue weighted by Crippen LogP contribution is 2.22. The normalized spacial score (nSPS) is 10.2. The van der Waals surface area contributed by atoms with Crippen molar-refractivity contribution in [3.63, 3.8) is 0 Å². The second-order valence-electron chi connectivity index (χ2n) is 4.29. The van der Waals surface area contributed by atoms with Gasteiger partial charge in [-0.2, -0.15) is 0 Å². The number of nitrogens with one attached hydrogen (secondary N) is 1. The molecule has 2 aromatic rings. The lowest BCUT2D eigenvalue weighted by molar-refractivity contribution is 0.0989. The Bertz CT molecular complexity index is 646. The predicted molar refractivity (Wildman–Crippen MR) is 80.1 cm³/mol. The molecule has 0 aliphatic heterocycles. The highest BCUT2D eigenvalue weighted by molar-refractivity contribution is 6.31. The fourth-order valence-corrected chi connectivity index (χ4v) is 2.00. The van der Waals surface area contributed by atoms with E-state index in [2.05, 4.69) is 5.32 Å². The van der Waals surface area contributed by atoms with Crippen LogP contribution in [0.3, 0.4) is 0 Å². The minimum Gasteiger partial charge on any atom is -0.388 e. The molecule has 0 bridgehead atoms. The first-order valence-electron chi connectivity index (χ1n) is 6.04. The van der Waals surface area contributed by atoms with Crippen LogP contribution in [0.2, 0.25) is 5.02 Å². The summed E-state index contributed by atoms with van der Waals surface area (Å²) in [6, 6.07) is 11.2. The van der Waals surface area contributed by atoms with Crippen molar-refractivity contribution in [1.29, 1.82) is 0 Å². The molecule has 0 aliphatic carbocycles. The molecule has 1 N–H and O–H groups in total. The number of carbonyl (C=O) groups excluding carboxylic acids is 1. The molecule has 0 saturated heterocycles. The van der Waals surface area contributed by atoms with Gasteiger partial charge in [-0.15, -0.1) is 0 Å². The minimum atomic E-state index is -0.587. The summed E-state index contributed by atoms with van der Waals surface area (Å²) in [4.78, 5) is 13.7. The van der Waals surface area contributed by atoms with E-state index in [-0.39, 0.29) is 5.56 Å². The molecule has 0 saturated carbocycles. The van der Waals surface area contributed by atoms with Gasteiger partial charge in [0.05, 0.1) is 5.56 Å². The van der Waals surface area contributed by atoms with Crippen molar-refractivity contribution < 1.29 is 9.18 Å². The van der Waals surface area contributed by atoms with Crippen LogP contribution in [0.15, 0.2) is 42.5 Å². The summed E-state index contributed by atoms with van der Waals surface area (Å²) in [5.41, 5.74) is 1.49. The third-order valence-corrected chi connectivity index (χ3v) is 3.22. The maximum atomic E-state index is 13.7. The number of benzene rings is 2. The molecule has 2 aromatic carbocycles. The van der Waals surface area contributed by atoms with Gasteiger partial charge in [0.15, 0.2) is 0 Å². The molecule has 5 heteroatoms. The van der Waals surface area contributed by atoms with E-state index in [1.165, 1.54) is 23.1 Å². The Morgan fingerprint density at radius 2 is 2.00 bits per heavy atom. The van der Waals surface area contributed by atoms with Crippen molar-refractivity contribution in [2.24, 2.45) is 0 Å². The Morgan fingerprint density at radius 3 is 2.70 bits per heavy atom. The van der Waals surface area contributed by atoms with E-state index in [0.717, 1.165) is 5.69 Å². The Morgan fingerprint density at radius 1 is 1.25 bits per heavy atom. The summed E-state index contributed by atoms with van der Waals surface area (Å²) in [5.74, 6) is -1.03. The number of nitrogens with zero attached hydrogens (tertiary/aromatic N) is 1. The summed E-state index contributed by atoms with van der Waals surface area (Å²) in [7, 11) is 3.38. The first-order valence-corrected chi connectivity index (χ1v) is 6.41. The van der Waals surface area contributed by atoms with Crippen LogP contribution >= 0.6 is 11.6 Å². The van der Waals surface area contributed by atoms with Gasteiger partial charge < -0.3 is 10.2 Å². The Labute approximate surface area is 122 Å². The number of anilines is 2. The maximum Gasteiger partial charge on any atom is 0.261 e. The van der Waals surface area contributed by atoms with Gasteiger partial charge in [-0.05, 0) is 36.4 Å². The molecule has 2 rings (SSSR count). The van der Waals surface area contributed by atoms with E-state index in [1.807, 2.05) is 12.1 Å². The molecule has 0 aromatic heterocycles. The van der Waals surface area contributed by atoms with Gasteiger partial charge in [0, 0.05) is 30.5 Å². The molecule has 3 nitrogen and oxygen atoms in total. The molecule has 0 atom stereocenters. The summed E-state index contributed by atoms with van der Waals surface area (Å²) >= 11 is 5.81. The fraction of sp³-hybridized carbons (Fsp3) is 0.133. The molecule has 0 spiro atoms. The van der Waals surface area contributed by atoms with Gasteiger partial charge >= 0.3 is 0 Å². The van der Waals surface area contributed by atoms with E-state index in [9.17, 15) is 9.18 Å². The van der Waals surface area contributed by atoms with Crippen molar-refractivity contribution in [1.82, 2.24) is 0 Å². The smallest absolute Gasteiger partial charge is 0.261 e. The lowest BCUT2D eigenvalue weighted by Crippen LogP contribution is -2.27. The molecule has 0 heterocycles. The van der Waals surface area contributed by atoms with E-state index in [1.54, 1.807) is 26.2 Å².